The Bertz CT molecular complexity index is 282. The van der Waals surface area contributed by atoms with Crippen LogP contribution in [0.3, 0.4) is 0 Å². The van der Waals surface area contributed by atoms with Crippen molar-refractivity contribution >= 4 is 17.2 Å². The summed E-state index contributed by atoms with van der Waals surface area (Å²) >= 11 is 1.63. The fraction of sp³-hybridized carbons (Fsp3) is 0.444. The van der Waals surface area contributed by atoms with Crippen molar-refractivity contribution in [1.82, 2.24) is 5.43 Å². The lowest BCUT2D eigenvalue weighted by molar-refractivity contribution is 0.580. The first-order valence-electron chi connectivity index (χ1n) is 4.12. The summed E-state index contributed by atoms with van der Waals surface area (Å²) in [5.41, 5.74) is 3.55. The van der Waals surface area contributed by atoms with Gasteiger partial charge >= 0.3 is 0 Å². The third-order valence-electron chi connectivity index (χ3n) is 1.38. The van der Waals surface area contributed by atoms with Gasteiger partial charge in [0.1, 0.15) is 5.84 Å². The molecule has 0 fully saturated rings. The average molecular weight is 197 g/mol. The minimum Gasteiger partial charge on any atom is -0.308 e. The van der Waals surface area contributed by atoms with Gasteiger partial charge in [0.15, 0.2) is 0 Å². The van der Waals surface area contributed by atoms with Crippen LogP contribution in [0.1, 0.15) is 26.3 Å². The number of hydrazine groups is 1. The minimum atomic E-state index is -0.108. The third kappa shape index (κ3) is 3.16. The van der Waals surface area contributed by atoms with Gasteiger partial charge in [-0.25, -0.2) is 5.84 Å². The van der Waals surface area contributed by atoms with E-state index >= 15 is 0 Å². The van der Waals surface area contributed by atoms with Crippen molar-refractivity contribution in [3.63, 3.8) is 0 Å². The molecule has 0 spiro atoms. The topological polar surface area (TPSA) is 50.4 Å². The van der Waals surface area contributed by atoms with Gasteiger partial charge in [-0.05, 0) is 32.2 Å². The lowest BCUT2D eigenvalue weighted by Crippen LogP contribution is -2.33. The van der Waals surface area contributed by atoms with E-state index in [0.29, 0.717) is 0 Å². The monoisotopic (exact) mass is 197 g/mol. The molecule has 0 radical (unpaired) electrons. The van der Waals surface area contributed by atoms with E-state index in [9.17, 15) is 0 Å². The Hall–Kier alpha value is -0.870. The first-order valence-corrected chi connectivity index (χ1v) is 5.06. The van der Waals surface area contributed by atoms with Crippen LogP contribution in [0, 0.1) is 0 Å². The Kier molecular flexibility index (Phi) is 3.06. The number of thiophene rings is 1. The summed E-state index contributed by atoms with van der Waals surface area (Å²) in [5, 5.41) is 4.02. The summed E-state index contributed by atoms with van der Waals surface area (Å²) in [5.74, 6) is 6.14. The zero-order valence-electron chi connectivity index (χ0n) is 8.16. The molecule has 0 aromatic carbocycles. The van der Waals surface area contributed by atoms with Crippen LogP contribution in [0.15, 0.2) is 21.8 Å². The zero-order valence-corrected chi connectivity index (χ0v) is 8.98. The molecule has 4 heteroatoms. The molecule has 0 bridgehead atoms. The highest BCUT2D eigenvalue weighted by molar-refractivity contribution is 7.08. The van der Waals surface area contributed by atoms with Crippen molar-refractivity contribution in [2.45, 2.75) is 26.3 Å². The lowest BCUT2D eigenvalue weighted by Gasteiger charge is -2.14. The van der Waals surface area contributed by atoms with Crippen LogP contribution in [-0.4, -0.2) is 11.4 Å². The highest BCUT2D eigenvalue weighted by Crippen LogP contribution is 2.11. The van der Waals surface area contributed by atoms with Gasteiger partial charge in [-0.3, -0.25) is 4.99 Å². The lowest BCUT2D eigenvalue weighted by atomic mass is 10.1. The molecule has 1 rings (SSSR count). The molecule has 0 saturated carbocycles. The van der Waals surface area contributed by atoms with E-state index in [2.05, 4.69) is 10.4 Å². The molecule has 3 N–H and O–H groups in total. The van der Waals surface area contributed by atoms with Crippen molar-refractivity contribution in [2.75, 3.05) is 0 Å². The molecule has 72 valence electrons. The highest BCUT2D eigenvalue weighted by Gasteiger charge is 2.10. The second-order valence-corrected chi connectivity index (χ2v) is 4.57. The van der Waals surface area contributed by atoms with Crippen LogP contribution in [0.25, 0.3) is 0 Å². The maximum atomic E-state index is 5.40. The van der Waals surface area contributed by atoms with Gasteiger partial charge < -0.3 is 5.43 Å². The molecule has 1 aromatic rings. The summed E-state index contributed by atoms with van der Waals surface area (Å²) in [7, 11) is 0. The Morgan fingerprint density at radius 1 is 1.54 bits per heavy atom. The molecule has 0 amide bonds. The second kappa shape index (κ2) is 3.89. The van der Waals surface area contributed by atoms with Crippen LogP contribution in [0.2, 0.25) is 0 Å². The standard InChI is InChI=1S/C9H15N3S/c1-9(2,3)11-8(12-10)7-4-5-13-6-7/h4-6H,10H2,1-3H3,(H,11,12). The van der Waals surface area contributed by atoms with E-state index in [1.807, 2.05) is 37.6 Å². The number of hydrogen-bond acceptors (Lipinski definition) is 3. The van der Waals surface area contributed by atoms with E-state index < -0.39 is 0 Å². The number of nitrogens with one attached hydrogen (secondary N) is 1. The fourth-order valence-electron chi connectivity index (χ4n) is 0.915. The van der Waals surface area contributed by atoms with Crippen molar-refractivity contribution in [3.05, 3.63) is 22.4 Å². The summed E-state index contributed by atoms with van der Waals surface area (Å²) in [6, 6.07) is 2.00. The molecule has 1 heterocycles. The largest absolute Gasteiger partial charge is 0.308 e. The van der Waals surface area contributed by atoms with Crippen molar-refractivity contribution in [1.29, 1.82) is 0 Å². The molecular weight excluding hydrogens is 182 g/mol. The summed E-state index contributed by atoms with van der Waals surface area (Å²) in [6.07, 6.45) is 0. The molecule has 0 aliphatic carbocycles. The fourth-order valence-corrected chi connectivity index (χ4v) is 1.56. The first-order chi connectivity index (χ1) is 6.03. The van der Waals surface area contributed by atoms with Gasteiger partial charge in [0.2, 0.25) is 0 Å². The molecule has 0 aliphatic heterocycles. The van der Waals surface area contributed by atoms with Crippen molar-refractivity contribution in [2.24, 2.45) is 10.8 Å². The van der Waals surface area contributed by atoms with E-state index in [-0.39, 0.29) is 5.54 Å². The zero-order chi connectivity index (χ0) is 9.90. The SMILES string of the molecule is CC(C)(C)N=C(NN)c1ccsc1. The summed E-state index contributed by atoms with van der Waals surface area (Å²) in [4.78, 5) is 4.46. The maximum Gasteiger partial charge on any atom is 0.143 e. The van der Waals surface area contributed by atoms with Crippen molar-refractivity contribution < 1.29 is 0 Å². The molecular formula is C9H15N3S. The molecule has 0 unspecified atom stereocenters. The maximum absolute atomic E-state index is 5.40. The molecule has 0 atom stereocenters. The van der Waals surface area contributed by atoms with Gasteiger partial charge in [-0.1, -0.05) is 0 Å². The van der Waals surface area contributed by atoms with Crippen LogP contribution >= 0.6 is 11.3 Å². The summed E-state index contributed by atoms with van der Waals surface area (Å²) < 4.78 is 0. The Morgan fingerprint density at radius 2 is 2.23 bits per heavy atom. The molecule has 0 aliphatic rings. The van der Waals surface area contributed by atoms with Crippen LogP contribution < -0.4 is 11.3 Å². The smallest absolute Gasteiger partial charge is 0.143 e. The predicted molar refractivity (Wildman–Crippen MR) is 57.9 cm³/mol. The Morgan fingerprint density at radius 3 is 2.62 bits per heavy atom. The van der Waals surface area contributed by atoms with Gasteiger partial charge in [0.05, 0.1) is 5.54 Å². The Balaban J connectivity index is 2.93. The number of nitrogens with two attached hydrogens (primary N) is 1. The average Bonchev–Trinajstić information content (AvgIpc) is 2.50. The van der Waals surface area contributed by atoms with Crippen molar-refractivity contribution in [3.8, 4) is 0 Å². The first kappa shape index (κ1) is 10.2. The number of rotatable bonds is 1. The van der Waals surface area contributed by atoms with E-state index in [0.717, 1.165) is 11.4 Å². The van der Waals surface area contributed by atoms with Crippen LogP contribution in [0.4, 0.5) is 0 Å². The third-order valence-corrected chi connectivity index (χ3v) is 2.06. The molecule has 13 heavy (non-hydrogen) atoms. The van der Waals surface area contributed by atoms with Crippen LogP contribution in [0.5, 0.6) is 0 Å². The number of hydrogen-bond donors (Lipinski definition) is 2. The normalized spacial score (nSPS) is 13.1. The van der Waals surface area contributed by atoms with Gasteiger partial charge in [0.25, 0.3) is 0 Å². The quantitative estimate of drug-likeness (QED) is 0.312. The van der Waals surface area contributed by atoms with Gasteiger partial charge in [0, 0.05) is 10.9 Å². The molecule has 1 aromatic heterocycles. The number of aliphatic imine (C=N–C) groups is 1. The number of amidine groups is 1. The summed E-state index contributed by atoms with van der Waals surface area (Å²) in [6.45, 7) is 6.12. The minimum absolute atomic E-state index is 0.108. The van der Waals surface area contributed by atoms with Crippen LogP contribution in [-0.2, 0) is 0 Å². The highest BCUT2D eigenvalue weighted by atomic mass is 32.1. The van der Waals surface area contributed by atoms with E-state index in [1.54, 1.807) is 11.3 Å². The Labute approximate surface area is 82.7 Å². The van der Waals surface area contributed by atoms with E-state index in [4.69, 9.17) is 5.84 Å². The molecule has 3 nitrogen and oxygen atoms in total. The second-order valence-electron chi connectivity index (χ2n) is 3.79. The van der Waals surface area contributed by atoms with Gasteiger partial charge in [-0.2, -0.15) is 11.3 Å². The number of nitrogens with zero attached hydrogens (tertiary/aromatic N) is 1. The van der Waals surface area contributed by atoms with Gasteiger partial charge in [-0.15, -0.1) is 0 Å². The van der Waals surface area contributed by atoms with E-state index in [1.165, 1.54) is 0 Å². The molecule has 0 saturated heterocycles. The predicted octanol–water partition coefficient (Wildman–Crippen LogP) is 1.76.